The molecule has 0 atom stereocenters. The van der Waals surface area contributed by atoms with E-state index in [1.807, 2.05) is 54.6 Å². The van der Waals surface area contributed by atoms with Gasteiger partial charge in [0.1, 0.15) is 10.6 Å². The Morgan fingerprint density at radius 3 is 2.34 bits per heavy atom. The first-order valence-corrected chi connectivity index (χ1v) is 10.8. The molecule has 0 aliphatic rings. The minimum Gasteiger partial charge on any atom is -0.451 e. The minimum absolute atomic E-state index is 0.151. The summed E-state index contributed by atoms with van der Waals surface area (Å²) < 4.78 is 8.36. The largest absolute Gasteiger partial charge is 0.451 e. The second-order valence-electron chi connectivity index (χ2n) is 7.09. The Labute approximate surface area is 188 Å². The molecule has 0 aliphatic carbocycles. The van der Waals surface area contributed by atoms with Gasteiger partial charge < -0.3 is 10.1 Å². The topological polar surface area (TPSA) is 82.3 Å². The van der Waals surface area contributed by atoms with Gasteiger partial charge in [-0.2, -0.15) is 0 Å². The Balaban J connectivity index is 1.46. The highest BCUT2D eigenvalue weighted by molar-refractivity contribution is 7.12. The molecule has 0 saturated heterocycles. The molecule has 0 radical (unpaired) electrons. The van der Waals surface area contributed by atoms with Crippen molar-refractivity contribution in [2.75, 3.05) is 11.9 Å². The van der Waals surface area contributed by atoms with Crippen molar-refractivity contribution in [1.82, 2.24) is 9.36 Å². The lowest BCUT2D eigenvalue weighted by Crippen LogP contribution is -2.25. The number of carbonyl (C=O) groups excluding carboxylic acids is 2. The van der Waals surface area contributed by atoms with Crippen LogP contribution in [0.4, 0.5) is 5.69 Å². The van der Waals surface area contributed by atoms with Crippen LogP contribution in [0, 0.1) is 6.92 Å². The average molecular weight is 448 g/mol. The molecular weight excluding hydrogens is 426 g/mol. The second kappa shape index (κ2) is 9.07. The lowest BCUT2D eigenvalue weighted by Gasteiger charge is -2.07. The zero-order chi connectivity index (χ0) is 22.7. The van der Waals surface area contributed by atoms with Crippen LogP contribution in [0.3, 0.4) is 0 Å². The molecule has 4 rings (SSSR count). The highest BCUT2D eigenvalue weighted by Crippen LogP contribution is 2.28. The third-order valence-corrected chi connectivity index (χ3v) is 5.98. The molecule has 0 spiro atoms. The summed E-state index contributed by atoms with van der Waals surface area (Å²) in [5, 5.41) is 4.39. The Hall–Kier alpha value is -3.91. The molecule has 1 N–H and O–H groups in total. The first-order chi connectivity index (χ1) is 15.5. The van der Waals surface area contributed by atoms with E-state index in [-0.39, 0.29) is 11.2 Å². The number of rotatable bonds is 6. The highest BCUT2D eigenvalue weighted by atomic mass is 32.1. The number of amides is 1. The number of hydrogen-bond acceptors (Lipinski definition) is 5. The number of thiophene rings is 1. The van der Waals surface area contributed by atoms with Gasteiger partial charge in [-0.1, -0.05) is 48.5 Å². The van der Waals surface area contributed by atoms with E-state index in [2.05, 4.69) is 5.32 Å². The monoisotopic (exact) mass is 447 g/mol. The van der Waals surface area contributed by atoms with Crippen LogP contribution in [0.1, 0.15) is 15.4 Å². The van der Waals surface area contributed by atoms with E-state index >= 15 is 0 Å². The van der Waals surface area contributed by atoms with Crippen LogP contribution in [0.2, 0.25) is 0 Å². The van der Waals surface area contributed by atoms with E-state index in [1.165, 1.54) is 16.0 Å². The van der Waals surface area contributed by atoms with E-state index in [1.54, 1.807) is 36.2 Å². The lowest BCUT2D eigenvalue weighted by molar-refractivity contribution is -0.119. The third kappa shape index (κ3) is 4.13. The van der Waals surface area contributed by atoms with Crippen LogP contribution in [0.5, 0.6) is 0 Å². The van der Waals surface area contributed by atoms with Crippen molar-refractivity contribution in [2.45, 2.75) is 6.92 Å². The summed E-state index contributed by atoms with van der Waals surface area (Å²) in [4.78, 5) is 38.3. The van der Waals surface area contributed by atoms with Crippen LogP contribution in [-0.2, 0) is 16.6 Å². The van der Waals surface area contributed by atoms with Gasteiger partial charge in [-0.25, -0.2) is 9.48 Å². The summed E-state index contributed by atoms with van der Waals surface area (Å²) in [5.41, 5.74) is 2.71. The van der Waals surface area contributed by atoms with Crippen LogP contribution >= 0.6 is 11.3 Å². The molecule has 1 amide bonds. The van der Waals surface area contributed by atoms with E-state index in [0.29, 0.717) is 16.3 Å². The quantitative estimate of drug-likeness (QED) is 0.453. The zero-order valence-corrected chi connectivity index (χ0v) is 18.4. The zero-order valence-electron chi connectivity index (χ0n) is 17.6. The fraction of sp³-hybridized carbons (Fsp3) is 0.125. The molecule has 0 bridgehead atoms. The van der Waals surface area contributed by atoms with Crippen molar-refractivity contribution >= 4 is 28.9 Å². The van der Waals surface area contributed by atoms with Crippen molar-refractivity contribution in [3.05, 3.63) is 93.0 Å². The lowest BCUT2D eigenvalue weighted by atomic mass is 10.1. The van der Waals surface area contributed by atoms with Crippen LogP contribution in [-0.4, -0.2) is 27.8 Å². The number of nitrogens with zero attached hydrogens (tertiary/aromatic N) is 2. The van der Waals surface area contributed by atoms with Gasteiger partial charge in [-0.15, -0.1) is 11.3 Å². The molecule has 2 aromatic carbocycles. The molecule has 2 aromatic heterocycles. The Morgan fingerprint density at radius 1 is 1.00 bits per heavy atom. The van der Waals surface area contributed by atoms with Gasteiger partial charge in [0.2, 0.25) is 0 Å². The van der Waals surface area contributed by atoms with Crippen LogP contribution < -0.4 is 10.9 Å². The van der Waals surface area contributed by atoms with Crippen molar-refractivity contribution in [2.24, 2.45) is 7.05 Å². The SMILES string of the molecule is Cc1c(NC(=O)COC(=O)c2sccc2-c2ccccc2)c(=O)n(-c2ccccc2)n1C. The van der Waals surface area contributed by atoms with Gasteiger partial charge in [0.15, 0.2) is 6.61 Å². The second-order valence-corrected chi connectivity index (χ2v) is 8.01. The smallest absolute Gasteiger partial charge is 0.349 e. The van der Waals surface area contributed by atoms with E-state index in [0.717, 1.165) is 11.1 Å². The summed E-state index contributed by atoms with van der Waals surface area (Å²) in [7, 11) is 1.74. The van der Waals surface area contributed by atoms with Crippen molar-refractivity contribution in [1.29, 1.82) is 0 Å². The van der Waals surface area contributed by atoms with E-state index in [4.69, 9.17) is 4.74 Å². The highest BCUT2D eigenvalue weighted by Gasteiger charge is 2.20. The Morgan fingerprint density at radius 2 is 1.66 bits per heavy atom. The first-order valence-electron chi connectivity index (χ1n) is 9.91. The average Bonchev–Trinajstić information content (AvgIpc) is 3.38. The number of para-hydroxylation sites is 1. The van der Waals surface area contributed by atoms with Crippen molar-refractivity contribution in [3.63, 3.8) is 0 Å². The van der Waals surface area contributed by atoms with Gasteiger partial charge in [-0.3, -0.25) is 14.3 Å². The summed E-state index contributed by atoms with van der Waals surface area (Å²) in [6, 6.07) is 20.5. The molecule has 4 aromatic rings. The Kier molecular flexibility index (Phi) is 6.04. The number of esters is 1. The number of benzene rings is 2. The van der Waals surface area contributed by atoms with Gasteiger partial charge >= 0.3 is 5.97 Å². The molecule has 0 fully saturated rings. The standard InChI is InChI=1S/C24H21N3O4S/c1-16-21(23(29)27(26(16)2)18-11-7-4-8-12-18)25-20(28)15-31-24(30)22-19(13-14-32-22)17-9-5-3-6-10-17/h3-14H,15H2,1-2H3,(H,25,28). The maximum Gasteiger partial charge on any atom is 0.349 e. The van der Waals surface area contributed by atoms with Crippen LogP contribution in [0.25, 0.3) is 16.8 Å². The van der Waals surface area contributed by atoms with E-state index < -0.39 is 18.5 Å². The molecule has 32 heavy (non-hydrogen) atoms. The predicted octanol–water partition coefficient (Wildman–Crippen LogP) is 4.01. The summed E-state index contributed by atoms with van der Waals surface area (Å²) in [6.07, 6.45) is 0. The maximum absolute atomic E-state index is 12.9. The minimum atomic E-state index is -0.583. The number of carbonyl (C=O) groups is 2. The summed E-state index contributed by atoms with van der Waals surface area (Å²) in [5.74, 6) is -1.16. The van der Waals surface area contributed by atoms with Crippen LogP contribution in [0.15, 0.2) is 76.9 Å². The summed E-state index contributed by atoms with van der Waals surface area (Å²) in [6.45, 7) is 1.24. The molecule has 162 valence electrons. The molecule has 7 nitrogen and oxygen atoms in total. The first kappa shape index (κ1) is 21.3. The fourth-order valence-electron chi connectivity index (χ4n) is 3.40. The van der Waals surface area contributed by atoms with Gasteiger partial charge in [0.05, 0.1) is 11.4 Å². The number of ether oxygens (including phenoxy) is 1. The molecule has 0 unspecified atom stereocenters. The number of hydrogen-bond donors (Lipinski definition) is 1. The maximum atomic E-state index is 12.9. The molecular formula is C24H21N3O4S. The van der Waals surface area contributed by atoms with Gasteiger partial charge in [-0.05, 0) is 36.1 Å². The Bertz CT molecular complexity index is 1320. The summed E-state index contributed by atoms with van der Waals surface area (Å²) >= 11 is 1.25. The molecule has 2 heterocycles. The number of anilines is 1. The van der Waals surface area contributed by atoms with Gasteiger partial charge in [0, 0.05) is 12.6 Å². The predicted molar refractivity (Wildman–Crippen MR) is 124 cm³/mol. The van der Waals surface area contributed by atoms with Crippen molar-refractivity contribution < 1.29 is 14.3 Å². The molecule has 8 heteroatoms. The van der Waals surface area contributed by atoms with Gasteiger partial charge in [0.25, 0.3) is 11.5 Å². The normalized spacial score (nSPS) is 10.7. The number of nitrogens with one attached hydrogen (secondary N) is 1. The van der Waals surface area contributed by atoms with E-state index in [9.17, 15) is 14.4 Å². The molecule has 0 aliphatic heterocycles. The van der Waals surface area contributed by atoms with Crippen molar-refractivity contribution in [3.8, 4) is 16.8 Å². The molecule has 0 saturated carbocycles. The number of aromatic nitrogens is 2. The fourth-order valence-corrected chi connectivity index (χ4v) is 4.21. The third-order valence-electron chi connectivity index (χ3n) is 5.09.